The van der Waals surface area contributed by atoms with Crippen molar-refractivity contribution in [2.24, 2.45) is 5.92 Å². The van der Waals surface area contributed by atoms with E-state index in [1.165, 1.54) is 199 Å². The van der Waals surface area contributed by atoms with E-state index in [4.69, 9.17) is 37.0 Å². The molecule has 19 heteroatoms. The predicted molar refractivity (Wildman–Crippen MR) is 372 cm³/mol. The van der Waals surface area contributed by atoms with E-state index in [1.54, 1.807) is 0 Å². The van der Waals surface area contributed by atoms with Crippen LogP contribution in [0.1, 0.15) is 381 Å². The van der Waals surface area contributed by atoms with Crippen molar-refractivity contribution in [3.05, 3.63) is 0 Å². The molecule has 3 N–H and O–H groups in total. The number of carbonyl (C=O) groups excluding carboxylic acids is 4. The number of esters is 4. The maximum absolute atomic E-state index is 13.1. The Bertz CT molecular complexity index is 1770. The zero-order chi connectivity index (χ0) is 67.7. The molecule has 0 aromatic heterocycles. The number of ether oxygens (including phenoxy) is 4. The molecule has 17 nitrogen and oxygen atoms in total. The summed E-state index contributed by atoms with van der Waals surface area (Å²) >= 11 is 0. The van der Waals surface area contributed by atoms with Gasteiger partial charge in [0.05, 0.1) is 26.4 Å². The highest BCUT2D eigenvalue weighted by Gasteiger charge is 2.30. The Hall–Kier alpha value is -1.94. The van der Waals surface area contributed by atoms with Crippen LogP contribution in [0.3, 0.4) is 0 Å². The van der Waals surface area contributed by atoms with Gasteiger partial charge < -0.3 is 33.8 Å². The van der Waals surface area contributed by atoms with Gasteiger partial charge in [-0.05, 0) is 31.6 Å². The minimum absolute atomic E-state index is 0.107. The number of hydrogen-bond acceptors (Lipinski definition) is 15. The summed E-state index contributed by atoms with van der Waals surface area (Å²) in [6, 6.07) is 0. The van der Waals surface area contributed by atoms with E-state index in [-0.39, 0.29) is 25.7 Å². The highest BCUT2D eigenvalue weighted by atomic mass is 31.2. The monoisotopic (exact) mass is 1350 g/mol. The van der Waals surface area contributed by atoms with Crippen molar-refractivity contribution >= 4 is 39.5 Å². The van der Waals surface area contributed by atoms with Crippen molar-refractivity contribution in [3.63, 3.8) is 0 Å². The molecule has 0 saturated heterocycles. The minimum atomic E-state index is -4.95. The van der Waals surface area contributed by atoms with Crippen molar-refractivity contribution in [2.45, 2.75) is 400 Å². The van der Waals surface area contributed by atoms with Crippen molar-refractivity contribution in [3.8, 4) is 0 Å². The number of unbranched alkanes of at least 4 members (excludes halogenated alkanes) is 45. The fraction of sp³-hybridized carbons (Fsp3) is 0.945. The van der Waals surface area contributed by atoms with Crippen molar-refractivity contribution in [2.75, 3.05) is 39.6 Å². The topological polar surface area (TPSA) is 237 Å². The first-order valence-corrected chi connectivity index (χ1v) is 41.1. The molecule has 92 heavy (non-hydrogen) atoms. The number of hydrogen-bond donors (Lipinski definition) is 3. The fourth-order valence-corrected chi connectivity index (χ4v) is 12.8. The summed E-state index contributed by atoms with van der Waals surface area (Å²) in [5.74, 6) is -1.33. The molecule has 2 unspecified atom stereocenters. The Morgan fingerprint density at radius 3 is 0.739 bits per heavy atom. The van der Waals surface area contributed by atoms with E-state index in [2.05, 4.69) is 34.6 Å². The molecule has 0 heterocycles. The Balaban J connectivity index is 5.19. The number of aliphatic hydroxyl groups is 1. The normalized spacial score (nSPS) is 14.0. The van der Waals surface area contributed by atoms with E-state index in [9.17, 15) is 43.2 Å². The van der Waals surface area contributed by atoms with Crippen LogP contribution in [0, 0.1) is 5.92 Å². The first-order valence-electron chi connectivity index (χ1n) is 38.1. The van der Waals surface area contributed by atoms with Gasteiger partial charge in [-0.15, -0.1) is 0 Å². The SMILES string of the molecule is CCCCCCCCCCCCCCCCCCCCC(=O)O[C@H](COC(=O)CCCCCCCCCCCCCCCC(C)C)COP(=O)(O)OC[C@@H](O)COP(=O)(O)OC[C@@H](COC(=O)CCCCCCCCCC)OC(=O)CCCCCCCCCCCC. The van der Waals surface area contributed by atoms with Crippen LogP contribution in [0.15, 0.2) is 0 Å². The minimum Gasteiger partial charge on any atom is -0.462 e. The number of rotatable bonds is 73. The van der Waals surface area contributed by atoms with Crippen molar-refractivity contribution < 1.29 is 80.2 Å². The summed E-state index contributed by atoms with van der Waals surface area (Å²) in [4.78, 5) is 72.5. The van der Waals surface area contributed by atoms with E-state index >= 15 is 0 Å². The number of phosphoric ester groups is 2. The smallest absolute Gasteiger partial charge is 0.462 e. The molecule has 0 bridgehead atoms. The number of aliphatic hydroxyl groups excluding tert-OH is 1. The third-order valence-corrected chi connectivity index (χ3v) is 18.9. The molecule has 0 fully saturated rings. The van der Waals surface area contributed by atoms with Crippen LogP contribution in [0.25, 0.3) is 0 Å². The van der Waals surface area contributed by atoms with Crippen LogP contribution in [0.5, 0.6) is 0 Å². The van der Waals surface area contributed by atoms with E-state index in [1.807, 2.05) is 0 Å². The van der Waals surface area contributed by atoms with Gasteiger partial charge in [0.25, 0.3) is 0 Å². The fourth-order valence-electron chi connectivity index (χ4n) is 11.2. The van der Waals surface area contributed by atoms with Crippen LogP contribution in [-0.4, -0.2) is 96.7 Å². The molecule has 0 radical (unpaired) electrons. The maximum atomic E-state index is 13.1. The van der Waals surface area contributed by atoms with E-state index < -0.39 is 97.5 Å². The lowest BCUT2D eigenvalue weighted by atomic mass is 10.0. The lowest BCUT2D eigenvalue weighted by molar-refractivity contribution is -0.161. The van der Waals surface area contributed by atoms with Gasteiger partial charge in [-0.3, -0.25) is 37.3 Å². The molecular formula is C73H142O17P2. The molecule has 0 aromatic carbocycles. The first kappa shape index (κ1) is 90.1. The Morgan fingerprint density at radius 2 is 0.500 bits per heavy atom. The summed E-state index contributed by atoms with van der Waals surface area (Å²) in [6.07, 6.45) is 54.1. The maximum Gasteiger partial charge on any atom is 0.472 e. The van der Waals surface area contributed by atoms with Crippen LogP contribution in [0.4, 0.5) is 0 Å². The average molecular weight is 1350 g/mol. The van der Waals surface area contributed by atoms with Gasteiger partial charge in [0.1, 0.15) is 19.3 Å². The molecule has 0 aliphatic rings. The standard InChI is InChI=1S/C73H142O17P2/c1-6-9-12-15-18-21-23-24-25-26-27-28-31-35-39-44-49-54-59-73(78)90-69(63-84-71(76)57-52-47-42-38-34-32-29-30-33-36-40-45-50-55-66(4)5)65-88-92(81,82)86-61-67(74)60-85-91(79,80)87-64-68(62-83-70(75)56-51-46-41-20-17-14-11-8-3)89-72(77)58-53-48-43-37-22-19-16-13-10-7-2/h66-69,74H,6-65H2,1-5H3,(H,79,80)(H,81,82)/t67-,68+,69+/m0/s1. The molecule has 0 aliphatic carbocycles. The average Bonchev–Trinajstić information content (AvgIpc) is 3.11. The lowest BCUT2D eigenvalue weighted by Gasteiger charge is -2.21. The van der Waals surface area contributed by atoms with Crippen molar-refractivity contribution in [1.82, 2.24) is 0 Å². The van der Waals surface area contributed by atoms with E-state index in [0.29, 0.717) is 25.7 Å². The molecule has 0 aromatic rings. The molecule has 0 spiro atoms. The van der Waals surface area contributed by atoms with Crippen LogP contribution >= 0.6 is 15.6 Å². The zero-order valence-electron chi connectivity index (χ0n) is 59.7. The summed E-state index contributed by atoms with van der Waals surface area (Å²) in [7, 11) is -9.90. The molecule has 0 rings (SSSR count). The predicted octanol–water partition coefficient (Wildman–Crippen LogP) is 21.3. The third kappa shape index (κ3) is 66.7. The first-order chi connectivity index (χ1) is 44.5. The van der Waals surface area contributed by atoms with Gasteiger partial charge >= 0.3 is 39.5 Å². The highest BCUT2D eigenvalue weighted by Crippen LogP contribution is 2.45. The van der Waals surface area contributed by atoms with Crippen LogP contribution < -0.4 is 0 Å². The van der Waals surface area contributed by atoms with Gasteiger partial charge in [0, 0.05) is 25.7 Å². The summed E-state index contributed by atoms with van der Waals surface area (Å²) in [5.41, 5.74) is 0. The zero-order valence-corrected chi connectivity index (χ0v) is 61.5. The highest BCUT2D eigenvalue weighted by molar-refractivity contribution is 7.47. The summed E-state index contributed by atoms with van der Waals surface area (Å²) in [5, 5.41) is 10.6. The van der Waals surface area contributed by atoms with Gasteiger partial charge in [0.2, 0.25) is 0 Å². The van der Waals surface area contributed by atoms with E-state index in [0.717, 1.165) is 102 Å². The molecular weight excluding hydrogens is 1210 g/mol. The summed E-state index contributed by atoms with van der Waals surface area (Å²) in [6.45, 7) is 7.26. The Labute approximate surface area is 562 Å². The second-order valence-corrected chi connectivity index (χ2v) is 29.7. The second kappa shape index (κ2) is 66.3. The Kier molecular flexibility index (Phi) is 64.9. The Morgan fingerprint density at radius 1 is 0.293 bits per heavy atom. The largest absolute Gasteiger partial charge is 0.472 e. The second-order valence-electron chi connectivity index (χ2n) is 26.8. The van der Waals surface area contributed by atoms with Gasteiger partial charge in [0.15, 0.2) is 12.2 Å². The van der Waals surface area contributed by atoms with Gasteiger partial charge in [-0.1, -0.05) is 330 Å². The molecule has 0 amide bonds. The molecule has 5 atom stereocenters. The molecule has 0 aliphatic heterocycles. The van der Waals surface area contributed by atoms with Gasteiger partial charge in [-0.2, -0.15) is 0 Å². The van der Waals surface area contributed by atoms with Crippen molar-refractivity contribution in [1.29, 1.82) is 0 Å². The van der Waals surface area contributed by atoms with Crippen LogP contribution in [0.2, 0.25) is 0 Å². The third-order valence-electron chi connectivity index (χ3n) is 17.0. The number of phosphoric acid groups is 2. The molecule has 546 valence electrons. The molecule has 0 saturated carbocycles. The quantitative estimate of drug-likeness (QED) is 0.0222. The van der Waals surface area contributed by atoms with Crippen LogP contribution in [-0.2, 0) is 65.4 Å². The number of carbonyl (C=O) groups is 4. The van der Waals surface area contributed by atoms with Gasteiger partial charge in [-0.25, -0.2) is 9.13 Å². The lowest BCUT2D eigenvalue weighted by Crippen LogP contribution is -2.30. The summed E-state index contributed by atoms with van der Waals surface area (Å²) < 4.78 is 68.3.